The molecule has 4 heterocycles. The van der Waals surface area contributed by atoms with Gasteiger partial charge in [-0.3, -0.25) is 33.6 Å². The summed E-state index contributed by atoms with van der Waals surface area (Å²) in [5, 5.41) is 45.5. The topological polar surface area (TPSA) is 492 Å². The van der Waals surface area contributed by atoms with Crippen LogP contribution in [0.2, 0.25) is 10.0 Å². The smallest absolute Gasteiger partial charge is 0.408 e. The van der Waals surface area contributed by atoms with Gasteiger partial charge in [0.2, 0.25) is 23.6 Å². The second-order valence-corrected chi connectivity index (χ2v) is 45.2. The molecule has 8 amide bonds. The molecule has 12 N–H and O–H groups in total. The summed E-state index contributed by atoms with van der Waals surface area (Å²) in [6.45, 7) is 40.5. The molecule has 0 radical (unpaired) electrons. The molecule has 4 aliphatic rings. The van der Waals surface area contributed by atoms with Crippen molar-refractivity contribution in [1.82, 2.24) is 46.6 Å². The molecule has 142 heavy (non-hydrogen) atoms. The van der Waals surface area contributed by atoms with E-state index in [1.165, 1.54) is 40.9 Å². The van der Waals surface area contributed by atoms with Gasteiger partial charge in [-0.05, 0) is 240 Å². The predicted octanol–water partition coefficient (Wildman–Crippen LogP) is 15.4. The van der Waals surface area contributed by atoms with Crippen LogP contribution in [0.3, 0.4) is 0 Å². The van der Waals surface area contributed by atoms with E-state index >= 15 is 0 Å². The molecule has 4 aliphatic heterocycles. The highest BCUT2D eigenvalue weighted by Gasteiger charge is 2.34. The number of carbonyl (C=O) groups excluding carboxylic acids is 11. The summed E-state index contributed by atoms with van der Waals surface area (Å²) in [5.41, 5.74) is 11.9. The number of carboxylic acid groups (broad SMARTS) is 1. The first-order chi connectivity index (χ1) is 66.3. The maximum absolute atomic E-state index is 12.3. The largest absolute Gasteiger partial charge is 0.480 e. The Kier molecular flexibility index (Phi) is 70.6. The van der Waals surface area contributed by atoms with Crippen molar-refractivity contribution in [3.05, 3.63) is 171 Å². The zero-order valence-corrected chi connectivity index (χ0v) is 92.6. The van der Waals surface area contributed by atoms with E-state index in [1.54, 1.807) is 134 Å². The lowest BCUT2D eigenvalue weighted by Crippen LogP contribution is -2.49. The maximum Gasteiger partial charge on any atom is 0.408 e. The van der Waals surface area contributed by atoms with Crippen molar-refractivity contribution in [3.8, 4) is 12.1 Å². The van der Waals surface area contributed by atoms with Gasteiger partial charge in [-0.25, -0.2) is 28.4 Å². The number of alkyl carbamates (subject to hydrolysis) is 4. The third-order valence-electron chi connectivity index (χ3n) is 17.5. The van der Waals surface area contributed by atoms with Crippen molar-refractivity contribution in [2.45, 2.75) is 254 Å². The lowest BCUT2D eigenvalue weighted by molar-refractivity contribution is -0.150. The molecule has 4 saturated heterocycles. The molecule has 5 aromatic rings. The third kappa shape index (κ3) is 66.8. The molecule has 0 spiro atoms. The van der Waals surface area contributed by atoms with Gasteiger partial charge in [-0.1, -0.05) is 133 Å². The van der Waals surface area contributed by atoms with E-state index in [0.29, 0.717) is 73.1 Å². The predicted molar refractivity (Wildman–Crippen MR) is 569 cm³/mol. The first-order valence-corrected chi connectivity index (χ1v) is 54.7. The Hall–Kier alpha value is -10.0. The maximum atomic E-state index is 12.3. The number of thiocarbonyl (C=S) groups is 1. The molecule has 0 saturated carbocycles. The van der Waals surface area contributed by atoms with Gasteiger partial charge in [0.1, 0.15) is 72.3 Å². The number of esters is 3. The van der Waals surface area contributed by atoms with Crippen LogP contribution in [0, 0.1) is 28.5 Å². The number of aliphatic carboxylic acids is 1. The second-order valence-electron chi connectivity index (χ2n) is 34.3. The fourth-order valence-corrected chi connectivity index (χ4v) is 21.8. The van der Waals surface area contributed by atoms with E-state index in [-0.39, 0.29) is 85.9 Å². The molecular weight excluding hydrogens is 2050 g/mol. The summed E-state index contributed by atoms with van der Waals surface area (Å²) < 4.78 is 53.1. The minimum atomic E-state index is -1.41. The summed E-state index contributed by atoms with van der Waals surface area (Å²) in [6, 6.07) is 37.2. The Morgan fingerprint density at radius 3 is 1.25 bits per heavy atom. The van der Waals surface area contributed by atoms with Crippen LogP contribution in [-0.4, -0.2) is 227 Å². The number of hydrogen-bond donors (Lipinski definition) is 10. The number of carboxylic acids is 1. The van der Waals surface area contributed by atoms with Gasteiger partial charge in [0.25, 0.3) is 0 Å². The number of hydrogen-bond acceptors (Lipinski definition) is 28. The standard InChI is InChI=1S/C18H26N2O5.C18H26N2O4S.C16H21NO6.C13H14ClN3O.C11H20N2O3.C7H3ClFN.C6H12N2O.C4H8O.C2H7N.ClH.P2S5/c1-5-19-16(22)14(20-17(23)25-18(2,3)4)11-15(21)24-12-13-9-7-6-8-10-13;1-5-19-16(25)14(20-17(22)24-18(2,3)4)11-15(21)23-12-13-9-7-6-8-10-13;1-16(2,3)23-15(21)17-12(14(19)20)9-13(18)22-10-11-7-5-4-6-8-11;1-2-17-8-11(6-13(17)18)16-10-4-3-9(7-15)12(14)5-10;1-5-13-7-8(6-9(13)14)12-10(15)16-11(2,3)4;8-7-3-6(9)2-1-5(7)4-10;1-2-8-4-5(7)3-6(8)9;1-2-4-5-3-1;1-2-3;;3-1-2-5-7-6-4/h6-10,14H,5,11-12H2,1-4H3,(H,19,22)(H,20,23);6-10,14H,5,11-12H2,1-4H3,(H,19,25)(H,20,22);4-8,12H,9-10H2,1-3H3,(H,17,21)(H,19,20);3-5,11,16H,2,6,8H2,1H3;8H,5-7H2,1-4H3,(H,12,15);1-3H;5H,2-4,7H2,1H3;1-4H2;2-3H2,1H3;1H;/t2*14-;12-;11-;8-;;5-;;;;/m00000.0..../s1. The number of nitriles is 2. The zero-order valence-electron chi connectivity index (χ0n) is 83.5. The number of nitrogens with one attached hydrogen (secondary N) is 7. The van der Waals surface area contributed by atoms with Crippen LogP contribution in [0.5, 0.6) is 0 Å². The molecule has 47 heteroatoms. The van der Waals surface area contributed by atoms with Gasteiger partial charge < -0.3 is 106 Å². The Morgan fingerprint density at radius 1 is 0.549 bits per heavy atom. The number of halogens is 4. The van der Waals surface area contributed by atoms with Gasteiger partial charge in [-0.2, -0.15) is 10.5 Å². The third-order valence-corrected chi connectivity index (χ3v) is 28.6. The normalized spacial score (nSPS) is 14.7. The first-order valence-electron chi connectivity index (χ1n) is 45.0. The second kappa shape index (κ2) is 74.8. The van der Waals surface area contributed by atoms with E-state index in [2.05, 4.69) is 60.2 Å². The monoisotopic (exact) mass is 2190 g/mol. The molecule has 9 rings (SSSR count). The quantitative estimate of drug-likeness (QED) is 0.0101. The number of anilines is 1. The van der Waals surface area contributed by atoms with Crippen molar-refractivity contribution in [3.63, 3.8) is 0 Å². The number of likely N-dealkylation sites (N-methyl/N-ethyl adjacent to an activating group) is 5. The number of rotatable bonds is 27. The minimum absolute atomic E-state index is 0. The van der Waals surface area contributed by atoms with E-state index in [0.717, 1.165) is 74.9 Å². The van der Waals surface area contributed by atoms with Crippen LogP contribution < -0.4 is 48.7 Å². The van der Waals surface area contributed by atoms with Gasteiger partial charge >= 0.3 is 48.3 Å². The summed E-state index contributed by atoms with van der Waals surface area (Å²) in [5.74, 6) is -3.54. The average molecular weight is 2190 g/mol. The fourth-order valence-electron chi connectivity index (χ4n) is 11.4. The Balaban J connectivity index is 0. The Morgan fingerprint density at radius 2 is 0.915 bits per heavy atom. The molecule has 0 aliphatic carbocycles. The van der Waals surface area contributed by atoms with Gasteiger partial charge in [-0.15, -0.1) is 12.4 Å². The molecule has 5 aromatic carbocycles. The van der Waals surface area contributed by atoms with Crippen molar-refractivity contribution in [2.75, 3.05) is 77.4 Å². The number of ether oxygens (including phenoxy) is 8. The van der Waals surface area contributed by atoms with Gasteiger partial charge in [0, 0.05) is 111 Å². The minimum Gasteiger partial charge on any atom is -0.480 e. The SMILES string of the molecule is C1CCOC1.CC(C)(C)OC(=O)N[C@@H](CC(=O)OCc1ccccc1)C(=O)O.CCN.CCN1C[C@@H](N)CC1=O.CCN1C[C@@H](NC(=O)OC(C)(C)C)CC1=O.CCN1C[C@@H](Nc2ccc(C#N)c(Cl)c2)CC1=O.CCNC(=O)[C@H](CC(=O)OCc1ccccc1)NC(=O)OC(C)(C)C.CCNC(=S)[C@H](CC(=O)OCc1ccccc1)NC(=O)OC(C)(C)C.Cl.N#Cc1ccc(F)cc1Cl.S=PP=S=S=S=S. The van der Waals surface area contributed by atoms with Crippen molar-refractivity contribution in [2.24, 2.45) is 11.5 Å². The van der Waals surface area contributed by atoms with E-state index in [1.807, 2.05) is 145 Å². The van der Waals surface area contributed by atoms with E-state index in [9.17, 15) is 61.9 Å². The summed E-state index contributed by atoms with van der Waals surface area (Å²) in [6.07, 6.45) is 0.376. The van der Waals surface area contributed by atoms with E-state index in [4.69, 9.17) is 100 Å². The Labute approximate surface area is 876 Å². The number of amides is 8. The molecule has 6 atom stereocenters. The average Bonchev–Trinajstić information content (AvgIpc) is 1.69. The highest BCUT2D eigenvalue weighted by molar-refractivity contribution is 8.63. The van der Waals surface area contributed by atoms with Crippen LogP contribution >= 0.6 is 61.9 Å². The van der Waals surface area contributed by atoms with Crippen LogP contribution in [0.1, 0.15) is 204 Å². The summed E-state index contributed by atoms with van der Waals surface area (Å²) in [4.78, 5) is 145. The molecule has 788 valence electrons. The van der Waals surface area contributed by atoms with Gasteiger partial charge in [0.15, 0.2) is 0 Å². The highest BCUT2D eigenvalue weighted by atomic mass is 35.5. The molecule has 0 aromatic heterocycles. The molecule has 0 unspecified atom stereocenters. The lowest BCUT2D eigenvalue weighted by atomic mass is 10.2. The number of carbonyl (C=O) groups is 12. The zero-order chi connectivity index (χ0) is 107. The van der Waals surface area contributed by atoms with Crippen molar-refractivity contribution in [1.29, 1.82) is 10.5 Å². The number of nitrogens with zero attached hydrogens (tertiary/aromatic N) is 5. The highest BCUT2D eigenvalue weighted by Crippen LogP contribution is 2.25. The first kappa shape index (κ1) is 134. The van der Waals surface area contributed by atoms with Crippen molar-refractivity contribution < 1.29 is 105 Å². The molecular formula is C95H138Cl3FN14O21P2S6. The summed E-state index contributed by atoms with van der Waals surface area (Å²) in [7, 11) is 6.83. The summed E-state index contributed by atoms with van der Waals surface area (Å²) >= 11 is 25.9. The Bertz CT molecular complexity index is 4880. The number of benzene rings is 5. The van der Waals surface area contributed by atoms with E-state index < -0.39 is 107 Å². The van der Waals surface area contributed by atoms with Crippen LogP contribution in [0.4, 0.5) is 29.3 Å². The molecule has 0 bridgehead atoms. The van der Waals surface area contributed by atoms with Crippen LogP contribution in [0.15, 0.2) is 127 Å². The fraction of sp³-hybridized carbons (Fsp3) is 0.526. The molecule has 4 fully saturated rings. The van der Waals surface area contributed by atoms with Crippen molar-refractivity contribution >= 4 is 195 Å². The van der Waals surface area contributed by atoms with Crippen LogP contribution in [-0.2, 0) is 146 Å². The van der Waals surface area contributed by atoms with Crippen LogP contribution in [0.25, 0.3) is 0 Å². The lowest BCUT2D eigenvalue weighted by Gasteiger charge is -2.24. The number of likely N-dealkylation sites (tertiary alicyclic amines) is 3. The number of nitrogens with two attached hydrogens (primary N) is 2. The molecule has 35 nitrogen and oxygen atoms in total. The van der Waals surface area contributed by atoms with Gasteiger partial charge in [0.05, 0.1) is 63.5 Å².